The highest BCUT2D eigenvalue weighted by molar-refractivity contribution is 8.00. The second-order valence-electron chi connectivity index (χ2n) is 7.60. The maximum absolute atomic E-state index is 14.5. The van der Waals surface area contributed by atoms with E-state index < -0.39 is 0 Å². The Morgan fingerprint density at radius 1 is 1.03 bits per heavy atom. The van der Waals surface area contributed by atoms with Crippen molar-refractivity contribution < 1.29 is 9.18 Å². The molecule has 1 fully saturated rings. The standard InChI is InChI=1S/C23H25FN4OS/c1-16-10-12-18(13-11-16)28-21(19-8-4-5-9-20(19)24)25-26-23(28)30-17(2)22(29)27-14-6-3-7-15-27/h4-5,8-13,17H,3,6-7,14-15H2,1-2H3. The monoisotopic (exact) mass is 424 g/mol. The summed E-state index contributed by atoms with van der Waals surface area (Å²) in [5, 5.41) is 8.91. The summed E-state index contributed by atoms with van der Waals surface area (Å²) in [5.41, 5.74) is 2.35. The molecular weight excluding hydrogens is 399 g/mol. The van der Waals surface area contributed by atoms with Crippen molar-refractivity contribution in [2.24, 2.45) is 0 Å². The number of likely N-dealkylation sites (tertiary alicyclic amines) is 1. The van der Waals surface area contributed by atoms with Crippen molar-refractivity contribution in [2.75, 3.05) is 13.1 Å². The maximum Gasteiger partial charge on any atom is 0.235 e. The molecule has 30 heavy (non-hydrogen) atoms. The van der Waals surface area contributed by atoms with E-state index in [0.29, 0.717) is 16.5 Å². The van der Waals surface area contributed by atoms with Gasteiger partial charge in [0.15, 0.2) is 11.0 Å². The third-order valence-electron chi connectivity index (χ3n) is 5.34. The molecular formula is C23H25FN4OS. The van der Waals surface area contributed by atoms with Crippen LogP contribution in [0.2, 0.25) is 0 Å². The Hall–Kier alpha value is -2.67. The molecule has 156 valence electrons. The lowest BCUT2D eigenvalue weighted by molar-refractivity contribution is -0.131. The van der Waals surface area contributed by atoms with E-state index in [2.05, 4.69) is 10.2 Å². The lowest BCUT2D eigenvalue weighted by Gasteiger charge is -2.28. The number of piperidine rings is 1. The number of carbonyl (C=O) groups excluding carboxylic acids is 1. The van der Waals surface area contributed by atoms with Gasteiger partial charge in [-0.1, -0.05) is 41.6 Å². The highest BCUT2D eigenvalue weighted by atomic mass is 32.2. The van der Waals surface area contributed by atoms with Gasteiger partial charge in [-0.25, -0.2) is 4.39 Å². The topological polar surface area (TPSA) is 51.0 Å². The molecule has 0 N–H and O–H groups in total. The number of hydrogen-bond donors (Lipinski definition) is 0. The van der Waals surface area contributed by atoms with Crippen LogP contribution >= 0.6 is 11.8 Å². The minimum atomic E-state index is -0.354. The van der Waals surface area contributed by atoms with E-state index in [1.807, 2.05) is 47.6 Å². The number of rotatable bonds is 5. The van der Waals surface area contributed by atoms with Gasteiger partial charge in [-0.15, -0.1) is 10.2 Å². The van der Waals surface area contributed by atoms with Gasteiger partial charge >= 0.3 is 0 Å². The first-order valence-corrected chi connectivity index (χ1v) is 11.2. The van der Waals surface area contributed by atoms with Gasteiger partial charge in [0.25, 0.3) is 0 Å². The van der Waals surface area contributed by atoms with E-state index in [1.165, 1.54) is 24.2 Å². The van der Waals surface area contributed by atoms with E-state index in [9.17, 15) is 9.18 Å². The molecule has 5 nitrogen and oxygen atoms in total. The molecule has 0 radical (unpaired) electrons. The molecule has 2 aromatic carbocycles. The van der Waals surface area contributed by atoms with E-state index >= 15 is 0 Å². The highest BCUT2D eigenvalue weighted by Crippen LogP contribution is 2.32. The van der Waals surface area contributed by atoms with Crippen molar-refractivity contribution in [3.63, 3.8) is 0 Å². The largest absolute Gasteiger partial charge is 0.342 e. The number of benzene rings is 2. The quantitative estimate of drug-likeness (QED) is 0.548. The number of aromatic nitrogens is 3. The molecule has 1 unspecified atom stereocenters. The van der Waals surface area contributed by atoms with E-state index in [-0.39, 0.29) is 17.0 Å². The van der Waals surface area contributed by atoms with Gasteiger partial charge in [-0.3, -0.25) is 9.36 Å². The smallest absolute Gasteiger partial charge is 0.235 e. The fourth-order valence-electron chi connectivity index (χ4n) is 3.67. The summed E-state index contributed by atoms with van der Waals surface area (Å²) in [4.78, 5) is 14.8. The molecule has 1 amide bonds. The fourth-order valence-corrected chi connectivity index (χ4v) is 4.62. The molecule has 0 aliphatic carbocycles. The number of hydrogen-bond acceptors (Lipinski definition) is 4. The number of aryl methyl sites for hydroxylation is 1. The van der Waals surface area contributed by atoms with Crippen molar-refractivity contribution in [1.82, 2.24) is 19.7 Å². The first-order valence-electron chi connectivity index (χ1n) is 10.3. The Morgan fingerprint density at radius 3 is 2.43 bits per heavy atom. The normalized spacial score (nSPS) is 15.2. The minimum Gasteiger partial charge on any atom is -0.342 e. The zero-order chi connectivity index (χ0) is 21.1. The van der Waals surface area contributed by atoms with Crippen LogP contribution in [0.25, 0.3) is 17.1 Å². The average Bonchev–Trinajstić information content (AvgIpc) is 3.18. The van der Waals surface area contributed by atoms with Crippen molar-refractivity contribution in [3.8, 4) is 17.1 Å². The Kier molecular flexibility index (Phi) is 6.18. The van der Waals surface area contributed by atoms with Crippen LogP contribution in [0.4, 0.5) is 4.39 Å². The first-order chi connectivity index (χ1) is 14.5. The Morgan fingerprint density at radius 2 is 1.73 bits per heavy atom. The van der Waals surface area contributed by atoms with Gasteiger partial charge in [-0.2, -0.15) is 0 Å². The van der Waals surface area contributed by atoms with Gasteiger partial charge in [-0.05, 0) is 57.4 Å². The van der Waals surface area contributed by atoms with E-state index in [1.54, 1.807) is 18.2 Å². The van der Waals surface area contributed by atoms with E-state index in [4.69, 9.17) is 0 Å². The summed E-state index contributed by atoms with van der Waals surface area (Å²) in [6, 6.07) is 14.5. The molecule has 7 heteroatoms. The number of thioether (sulfide) groups is 1. The van der Waals surface area contributed by atoms with Crippen molar-refractivity contribution in [3.05, 3.63) is 59.9 Å². The van der Waals surface area contributed by atoms with Crippen LogP contribution in [0.15, 0.2) is 53.7 Å². The molecule has 1 saturated heterocycles. The van der Waals surface area contributed by atoms with Gasteiger partial charge in [0.05, 0.1) is 10.8 Å². The Labute approximate surface area is 180 Å². The van der Waals surface area contributed by atoms with Crippen LogP contribution in [0, 0.1) is 12.7 Å². The number of carbonyl (C=O) groups is 1. The lowest BCUT2D eigenvalue weighted by Crippen LogP contribution is -2.40. The SMILES string of the molecule is Cc1ccc(-n2c(SC(C)C(=O)N3CCCCC3)nnc2-c2ccccc2F)cc1. The zero-order valence-corrected chi connectivity index (χ0v) is 18.0. The summed E-state index contributed by atoms with van der Waals surface area (Å²) < 4.78 is 16.4. The van der Waals surface area contributed by atoms with Crippen molar-refractivity contribution >= 4 is 17.7 Å². The second-order valence-corrected chi connectivity index (χ2v) is 8.91. The highest BCUT2D eigenvalue weighted by Gasteiger charge is 2.26. The molecule has 0 spiro atoms. The maximum atomic E-state index is 14.5. The van der Waals surface area contributed by atoms with Gasteiger partial charge in [0.1, 0.15) is 5.82 Å². The summed E-state index contributed by atoms with van der Waals surface area (Å²) in [6.07, 6.45) is 3.29. The number of halogens is 1. The minimum absolute atomic E-state index is 0.116. The molecule has 0 saturated carbocycles. The predicted molar refractivity (Wildman–Crippen MR) is 117 cm³/mol. The molecule has 3 aromatic rings. The lowest BCUT2D eigenvalue weighted by atomic mass is 10.1. The second kappa shape index (κ2) is 9.00. The van der Waals surface area contributed by atoms with Crippen LogP contribution in [-0.4, -0.2) is 43.9 Å². The summed E-state index contributed by atoms with van der Waals surface area (Å²) in [5.74, 6) is 0.190. The number of nitrogens with zero attached hydrogens (tertiary/aromatic N) is 4. The van der Waals surface area contributed by atoms with Crippen LogP contribution in [0.5, 0.6) is 0 Å². The number of amides is 1. The zero-order valence-electron chi connectivity index (χ0n) is 17.2. The Bertz CT molecular complexity index is 1030. The summed E-state index contributed by atoms with van der Waals surface area (Å²) in [6.45, 7) is 5.55. The summed E-state index contributed by atoms with van der Waals surface area (Å²) in [7, 11) is 0. The molecule has 1 atom stereocenters. The fraction of sp³-hybridized carbons (Fsp3) is 0.348. The molecule has 2 heterocycles. The van der Waals surface area contributed by atoms with Crippen molar-refractivity contribution in [1.29, 1.82) is 0 Å². The molecule has 1 aliphatic rings. The van der Waals surface area contributed by atoms with E-state index in [0.717, 1.165) is 37.2 Å². The molecule has 1 aliphatic heterocycles. The predicted octanol–water partition coefficient (Wildman–Crippen LogP) is 4.87. The van der Waals surface area contributed by atoms with Gasteiger partial charge < -0.3 is 4.90 Å². The van der Waals surface area contributed by atoms with Crippen LogP contribution in [0.1, 0.15) is 31.7 Å². The van der Waals surface area contributed by atoms with Gasteiger partial charge in [0, 0.05) is 18.8 Å². The van der Waals surface area contributed by atoms with Crippen molar-refractivity contribution in [2.45, 2.75) is 43.5 Å². The average molecular weight is 425 g/mol. The van der Waals surface area contributed by atoms with Gasteiger partial charge in [0.2, 0.25) is 5.91 Å². The first kappa shape index (κ1) is 20.6. The molecule has 1 aromatic heterocycles. The Balaban J connectivity index is 1.70. The molecule has 4 rings (SSSR count). The third-order valence-corrected chi connectivity index (χ3v) is 6.37. The third kappa shape index (κ3) is 4.26. The van der Waals surface area contributed by atoms with Crippen LogP contribution < -0.4 is 0 Å². The van der Waals surface area contributed by atoms with Crippen LogP contribution in [0.3, 0.4) is 0 Å². The molecule has 0 bridgehead atoms. The summed E-state index contributed by atoms with van der Waals surface area (Å²) >= 11 is 1.37. The van der Waals surface area contributed by atoms with Crippen LogP contribution in [-0.2, 0) is 4.79 Å².